The molecule has 9 nitrogen and oxygen atoms in total. The van der Waals surface area contributed by atoms with Gasteiger partial charge in [-0.05, 0) is 20.8 Å². The summed E-state index contributed by atoms with van der Waals surface area (Å²) < 4.78 is 1.90. The first kappa shape index (κ1) is 16.4. The molecule has 0 unspecified atom stereocenters. The summed E-state index contributed by atoms with van der Waals surface area (Å²) in [5, 5.41) is 14.2. The van der Waals surface area contributed by atoms with Crippen molar-refractivity contribution in [3.63, 3.8) is 0 Å². The zero-order chi connectivity index (χ0) is 17.1. The summed E-state index contributed by atoms with van der Waals surface area (Å²) in [6, 6.07) is 0. The van der Waals surface area contributed by atoms with Crippen molar-refractivity contribution in [2.24, 2.45) is 0 Å². The number of carbonyl (C=O) groups excluding carboxylic acids is 1. The second kappa shape index (κ2) is 7.00. The number of nitrogens with zero attached hydrogens (tertiary/aromatic N) is 6. The maximum absolute atomic E-state index is 12.4. The number of H-pyrrole nitrogens is 1. The Labute approximate surface area is 141 Å². The molecule has 0 spiro atoms. The fraction of sp³-hybridized carbons (Fsp3) is 0.600. The summed E-state index contributed by atoms with van der Waals surface area (Å²) in [6.07, 6.45) is 1.51. The van der Waals surface area contributed by atoms with Gasteiger partial charge in [-0.1, -0.05) is 0 Å². The van der Waals surface area contributed by atoms with Crippen LogP contribution in [0.25, 0.3) is 0 Å². The monoisotopic (exact) mass is 332 g/mol. The topological polar surface area (TPSA) is 95.0 Å². The van der Waals surface area contributed by atoms with Gasteiger partial charge in [0.15, 0.2) is 0 Å². The van der Waals surface area contributed by atoms with E-state index in [2.05, 4.69) is 35.4 Å². The number of aryl methyl sites for hydroxylation is 2. The van der Waals surface area contributed by atoms with Crippen molar-refractivity contribution in [1.29, 1.82) is 0 Å². The Morgan fingerprint density at radius 2 is 2.04 bits per heavy atom. The molecule has 3 heterocycles. The van der Waals surface area contributed by atoms with Crippen LogP contribution in [0.4, 0.5) is 11.6 Å². The van der Waals surface area contributed by atoms with Crippen molar-refractivity contribution < 1.29 is 4.79 Å². The predicted molar refractivity (Wildman–Crippen MR) is 91.0 cm³/mol. The van der Waals surface area contributed by atoms with Crippen LogP contribution in [-0.4, -0.2) is 68.5 Å². The molecule has 9 heteroatoms. The SMILES string of the molecule is CCn1nc(C)c(NC(=O)CN2CCN(c3ncn[nH]3)CC2)c1C. The molecular weight excluding hydrogens is 308 g/mol. The van der Waals surface area contributed by atoms with Crippen LogP contribution in [0, 0.1) is 13.8 Å². The number of amides is 1. The average molecular weight is 332 g/mol. The van der Waals surface area contributed by atoms with Gasteiger partial charge in [0.1, 0.15) is 6.33 Å². The molecule has 2 aromatic rings. The van der Waals surface area contributed by atoms with Crippen LogP contribution in [-0.2, 0) is 11.3 Å². The molecule has 1 amide bonds. The van der Waals surface area contributed by atoms with E-state index in [9.17, 15) is 4.79 Å². The maximum atomic E-state index is 12.4. The first-order valence-electron chi connectivity index (χ1n) is 8.25. The van der Waals surface area contributed by atoms with Crippen LogP contribution in [0.2, 0.25) is 0 Å². The van der Waals surface area contributed by atoms with E-state index in [4.69, 9.17) is 0 Å². The lowest BCUT2D eigenvalue weighted by molar-refractivity contribution is -0.117. The normalized spacial score (nSPS) is 15.7. The highest BCUT2D eigenvalue weighted by Crippen LogP contribution is 2.19. The van der Waals surface area contributed by atoms with Crippen LogP contribution >= 0.6 is 0 Å². The highest BCUT2D eigenvalue weighted by molar-refractivity contribution is 5.93. The summed E-state index contributed by atoms with van der Waals surface area (Å²) in [6.45, 7) is 10.4. The molecule has 0 radical (unpaired) electrons. The Morgan fingerprint density at radius 3 is 2.62 bits per heavy atom. The molecule has 3 rings (SSSR count). The minimum Gasteiger partial charge on any atom is -0.339 e. The van der Waals surface area contributed by atoms with E-state index in [0.29, 0.717) is 6.54 Å². The predicted octanol–water partition coefficient (Wildman–Crippen LogP) is 0.399. The summed E-state index contributed by atoms with van der Waals surface area (Å²) in [7, 11) is 0. The van der Waals surface area contributed by atoms with E-state index < -0.39 is 0 Å². The van der Waals surface area contributed by atoms with Gasteiger partial charge in [0.25, 0.3) is 0 Å². The molecule has 24 heavy (non-hydrogen) atoms. The molecule has 2 aromatic heterocycles. The number of aromatic amines is 1. The fourth-order valence-corrected chi connectivity index (χ4v) is 3.04. The first-order valence-corrected chi connectivity index (χ1v) is 8.25. The number of nitrogens with one attached hydrogen (secondary N) is 2. The van der Waals surface area contributed by atoms with E-state index in [1.807, 2.05) is 25.5 Å². The van der Waals surface area contributed by atoms with Gasteiger partial charge in [0.05, 0.1) is 23.6 Å². The van der Waals surface area contributed by atoms with E-state index in [-0.39, 0.29) is 5.91 Å². The highest BCUT2D eigenvalue weighted by atomic mass is 16.2. The standard InChI is InChI=1S/C15H24N8O/c1-4-23-12(3)14(11(2)20-23)18-13(24)9-21-5-7-22(8-6-21)15-16-10-17-19-15/h10H,4-9H2,1-3H3,(H,18,24)(H,16,17,19). The fourth-order valence-electron chi connectivity index (χ4n) is 3.04. The van der Waals surface area contributed by atoms with Crippen molar-refractivity contribution in [2.75, 3.05) is 42.9 Å². The zero-order valence-corrected chi connectivity index (χ0v) is 14.4. The van der Waals surface area contributed by atoms with E-state index in [1.54, 1.807) is 0 Å². The number of piperazine rings is 1. The number of anilines is 2. The van der Waals surface area contributed by atoms with Crippen LogP contribution in [0.15, 0.2) is 6.33 Å². The molecule has 130 valence electrons. The lowest BCUT2D eigenvalue weighted by Crippen LogP contribution is -2.49. The van der Waals surface area contributed by atoms with Gasteiger partial charge >= 0.3 is 0 Å². The molecule has 1 saturated heterocycles. The summed E-state index contributed by atoms with van der Waals surface area (Å²) in [5.41, 5.74) is 2.69. The molecule has 0 saturated carbocycles. The Hall–Kier alpha value is -2.42. The van der Waals surface area contributed by atoms with Crippen LogP contribution < -0.4 is 10.2 Å². The van der Waals surface area contributed by atoms with Crippen LogP contribution in [0.3, 0.4) is 0 Å². The van der Waals surface area contributed by atoms with Gasteiger partial charge in [-0.2, -0.15) is 15.2 Å². The summed E-state index contributed by atoms with van der Waals surface area (Å²) in [4.78, 5) is 20.8. The number of rotatable bonds is 5. The van der Waals surface area contributed by atoms with Crippen molar-refractivity contribution in [3.8, 4) is 0 Å². The van der Waals surface area contributed by atoms with Gasteiger partial charge in [-0.3, -0.25) is 14.4 Å². The van der Waals surface area contributed by atoms with Gasteiger partial charge < -0.3 is 10.2 Å². The maximum Gasteiger partial charge on any atom is 0.238 e. The molecule has 2 N–H and O–H groups in total. The van der Waals surface area contributed by atoms with Crippen molar-refractivity contribution >= 4 is 17.5 Å². The Bertz CT molecular complexity index is 685. The lowest BCUT2D eigenvalue weighted by atomic mass is 10.3. The van der Waals surface area contributed by atoms with Crippen molar-refractivity contribution in [1.82, 2.24) is 29.9 Å². The van der Waals surface area contributed by atoms with Gasteiger partial charge in [0, 0.05) is 32.7 Å². The lowest BCUT2D eigenvalue weighted by Gasteiger charge is -2.33. The van der Waals surface area contributed by atoms with Crippen molar-refractivity contribution in [2.45, 2.75) is 27.3 Å². The van der Waals surface area contributed by atoms with Crippen LogP contribution in [0.5, 0.6) is 0 Å². The molecule has 1 aliphatic rings. The second-order valence-corrected chi connectivity index (χ2v) is 5.98. The summed E-state index contributed by atoms with van der Waals surface area (Å²) in [5.74, 6) is 0.794. The minimum atomic E-state index is 0.00460. The largest absolute Gasteiger partial charge is 0.339 e. The summed E-state index contributed by atoms with van der Waals surface area (Å²) >= 11 is 0. The third-order valence-electron chi connectivity index (χ3n) is 4.39. The molecule has 1 fully saturated rings. The van der Waals surface area contributed by atoms with E-state index in [0.717, 1.165) is 55.7 Å². The second-order valence-electron chi connectivity index (χ2n) is 5.98. The highest BCUT2D eigenvalue weighted by Gasteiger charge is 2.21. The molecule has 1 aliphatic heterocycles. The Kier molecular flexibility index (Phi) is 4.79. The smallest absolute Gasteiger partial charge is 0.238 e. The minimum absolute atomic E-state index is 0.00460. The molecule has 0 aromatic carbocycles. The zero-order valence-electron chi connectivity index (χ0n) is 14.4. The van der Waals surface area contributed by atoms with Gasteiger partial charge in [0.2, 0.25) is 11.9 Å². The Balaban J connectivity index is 1.52. The molecule has 0 aliphatic carbocycles. The number of hydrogen-bond donors (Lipinski definition) is 2. The van der Waals surface area contributed by atoms with E-state index >= 15 is 0 Å². The molecular formula is C15H24N8O. The quantitative estimate of drug-likeness (QED) is 0.823. The number of carbonyl (C=O) groups is 1. The first-order chi connectivity index (χ1) is 11.6. The molecule has 0 atom stereocenters. The number of hydrogen-bond acceptors (Lipinski definition) is 6. The van der Waals surface area contributed by atoms with Crippen molar-refractivity contribution in [3.05, 3.63) is 17.7 Å². The van der Waals surface area contributed by atoms with Gasteiger partial charge in [-0.15, -0.1) is 0 Å². The van der Waals surface area contributed by atoms with Gasteiger partial charge in [-0.25, -0.2) is 5.10 Å². The van der Waals surface area contributed by atoms with E-state index in [1.165, 1.54) is 6.33 Å². The Morgan fingerprint density at radius 1 is 1.29 bits per heavy atom. The average Bonchev–Trinajstić information content (AvgIpc) is 3.19. The number of aromatic nitrogens is 5. The molecule has 0 bridgehead atoms. The van der Waals surface area contributed by atoms with Crippen LogP contribution in [0.1, 0.15) is 18.3 Å². The third-order valence-corrected chi connectivity index (χ3v) is 4.39. The third kappa shape index (κ3) is 3.40.